The summed E-state index contributed by atoms with van der Waals surface area (Å²) in [6.45, 7) is 6.56. The fourth-order valence-electron chi connectivity index (χ4n) is 2.83. The fourth-order valence-corrected chi connectivity index (χ4v) is 2.83. The second kappa shape index (κ2) is 6.71. The fraction of sp³-hybridized carbons (Fsp3) is 0.562. The third-order valence-electron chi connectivity index (χ3n) is 3.83. The lowest BCUT2D eigenvalue weighted by Gasteiger charge is -2.25. The Labute approximate surface area is 116 Å². The predicted molar refractivity (Wildman–Crippen MR) is 78.0 cm³/mol. The van der Waals surface area contributed by atoms with Gasteiger partial charge >= 0.3 is 0 Å². The number of amides is 1. The summed E-state index contributed by atoms with van der Waals surface area (Å²) in [5.74, 6) is 0.155. The smallest absolute Gasteiger partial charge is 0.234 e. The van der Waals surface area contributed by atoms with E-state index in [-0.39, 0.29) is 5.91 Å². The quantitative estimate of drug-likeness (QED) is 0.882. The normalized spacial score (nSPS) is 19.6. The van der Waals surface area contributed by atoms with Gasteiger partial charge < -0.3 is 5.32 Å². The molecule has 1 aromatic rings. The van der Waals surface area contributed by atoms with E-state index in [1.807, 2.05) is 0 Å². The van der Waals surface area contributed by atoms with Gasteiger partial charge in [0, 0.05) is 12.6 Å². The van der Waals surface area contributed by atoms with E-state index >= 15 is 0 Å². The van der Waals surface area contributed by atoms with Gasteiger partial charge in [0.05, 0.1) is 6.54 Å². The monoisotopic (exact) mass is 260 g/mol. The molecule has 1 heterocycles. The average molecular weight is 260 g/mol. The van der Waals surface area contributed by atoms with Crippen LogP contribution in [0.2, 0.25) is 0 Å². The van der Waals surface area contributed by atoms with Crippen LogP contribution >= 0.6 is 0 Å². The van der Waals surface area contributed by atoms with Gasteiger partial charge in [-0.3, -0.25) is 9.69 Å². The molecule has 1 atom stereocenters. The van der Waals surface area contributed by atoms with Crippen LogP contribution in [0.4, 0.5) is 0 Å². The first-order valence-corrected chi connectivity index (χ1v) is 7.28. The molecule has 104 valence electrons. The third-order valence-corrected chi connectivity index (χ3v) is 3.83. The van der Waals surface area contributed by atoms with E-state index in [0.717, 1.165) is 25.9 Å². The molecule has 1 unspecified atom stereocenters. The van der Waals surface area contributed by atoms with Gasteiger partial charge in [-0.15, -0.1) is 0 Å². The van der Waals surface area contributed by atoms with Crippen molar-refractivity contribution in [2.45, 2.75) is 39.2 Å². The molecule has 0 aliphatic carbocycles. The summed E-state index contributed by atoms with van der Waals surface area (Å²) in [6.07, 6.45) is 3.33. The van der Waals surface area contributed by atoms with Crippen LogP contribution in [0.25, 0.3) is 0 Å². The van der Waals surface area contributed by atoms with Crippen LogP contribution < -0.4 is 5.32 Å². The van der Waals surface area contributed by atoms with Crippen LogP contribution in [-0.4, -0.2) is 30.4 Å². The zero-order chi connectivity index (χ0) is 13.7. The van der Waals surface area contributed by atoms with Crippen LogP contribution in [0.15, 0.2) is 24.3 Å². The Morgan fingerprint density at radius 2 is 2.21 bits per heavy atom. The summed E-state index contributed by atoms with van der Waals surface area (Å²) in [7, 11) is 0. The zero-order valence-electron chi connectivity index (χ0n) is 12.0. The lowest BCUT2D eigenvalue weighted by atomic mass is 9.99. The maximum absolute atomic E-state index is 11.9. The molecule has 19 heavy (non-hydrogen) atoms. The van der Waals surface area contributed by atoms with Gasteiger partial charge in [0.25, 0.3) is 0 Å². The molecule has 1 saturated heterocycles. The van der Waals surface area contributed by atoms with E-state index < -0.39 is 0 Å². The van der Waals surface area contributed by atoms with E-state index in [1.165, 1.54) is 17.5 Å². The van der Waals surface area contributed by atoms with Crippen molar-refractivity contribution in [1.82, 2.24) is 10.2 Å². The summed E-state index contributed by atoms with van der Waals surface area (Å²) >= 11 is 0. The van der Waals surface area contributed by atoms with Crippen LogP contribution in [0.3, 0.4) is 0 Å². The summed E-state index contributed by atoms with van der Waals surface area (Å²) in [6, 6.07) is 8.93. The minimum Gasteiger partial charge on any atom is -0.355 e. The Bertz CT molecular complexity index is 431. The van der Waals surface area contributed by atoms with E-state index in [0.29, 0.717) is 12.6 Å². The molecule has 3 heteroatoms. The number of nitrogens with one attached hydrogen (secondary N) is 1. The molecule has 1 amide bonds. The molecule has 0 bridgehead atoms. The molecule has 1 aliphatic heterocycles. The number of likely N-dealkylation sites (tertiary alicyclic amines) is 1. The Hall–Kier alpha value is -1.35. The summed E-state index contributed by atoms with van der Waals surface area (Å²) in [5, 5.41) is 2.97. The van der Waals surface area contributed by atoms with Gasteiger partial charge in [-0.05, 0) is 43.9 Å². The summed E-state index contributed by atoms with van der Waals surface area (Å²) < 4.78 is 0. The van der Waals surface area contributed by atoms with Crippen LogP contribution in [-0.2, 0) is 4.79 Å². The van der Waals surface area contributed by atoms with E-state index in [9.17, 15) is 4.79 Å². The molecule has 1 aliphatic rings. The third kappa shape index (κ3) is 3.57. The highest BCUT2D eigenvalue weighted by Crippen LogP contribution is 2.33. The van der Waals surface area contributed by atoms with Gasteiger partial charge in [-0.25, -0.2) is 0 Å². The number of rotatable bonds is 5. The van der Waals surface area contributed by atoms with Gasteiger partial charge in [-0.2, -0.15) is 0 Å². The Balaban J connectivity index is 2.01. The second-order valence-electron chi connectivity index (χ2n) is 5.34. The number of carbonyl (C=O) groups is 1. The molecule has 1 N–H and O–H groups in total. The molecule has 0 saturated carbocycles. The van der Waals surface area contributed by atoms with Crippen molar-refractivity contribution in [3.05, 3.63) is 35.4 Å². The highest BCUT2D eigenvalue weighted by Gasteiger charge is 2.28. The van der Waals surface area contributed by atoms with Gasteiger partial charge in [0.1, 0.15) is 0 Å². The van der Waals surface area contributed by atoms with Gasteiger partial charge in [0.2, 0.25) is 5.91 Å². The van der Waals surface area contributed by atoms with Crippen molar-refractivity contribution in [2.75, 3.05) is 19.6 Å². The maximum atomic E-state index is 11.9. The van der Waals surface area contributed by atoms with Crippen LogP contribution in [0.5, 0.6) is 0 Å². The highest BCUT2D eigenvalue weighted by molar-refractivity contribution is 5.78. The SMILES string of the molecule is CCCNC(=O)CN1CCCC1c1ccccc1C. The Morgan fingerprint density at radius 1 is 1.42 bits per heavy atom. The van der Waals surface area contributed by atoms with Gasteiger partial charge in [0.15, 0.2) is 0 Å². The summed E-state index contributed by atoms with van der Waals surface area (Å²) in [4.78, 5) is 14.2. The minimum absolute atomic E-state index is 0.155. The van der Waals surface area contributed by atoms with E-state index in [1.54, 1.807) is 0 Å². The van der Waals surface area contributed by atoms with Crippen LogP contribution in [0, 0.1) is 6.92 Å². The van der Waals surface area contributed by atoms with Crippen molar-refractivity contribution in [3.8, 4) is 0 Å². The van der Waals surface area contributed by atoms with Crippen molar-refractivity contribution >= 4 is 5.91 Å². The number of carbonyl (C=O) groups excluding carboxylic acids is 1. The van der Waals surface area contributed by atoms with E-state index in [4.69, 9.17) is 0 Å². The molecule has 3 nitrogen and oxygen atoms in total. The van der Waals surface area contributed by atoms with Gasteiger partial charge in [-0.1, -0.05) is 31.2 Å². The number of hydrogen-bond acceptors (Lipinski definition) is 2. The molecule has 0 spiro atoms. The number of nitrogens with zero attached hydrogens (tertiary/aromatic N) is 1. The largest absolute Gasteiger partial charge is 0.355 e. The van der Waals surface area contributed by atoms with Crippen molar-refractivity contribution in [2.24, 2.45) is 0 Å². The molecular weight excluding hydrogens is 236 g/mol. The number of hydrogen-bond donors (Lipinski definition) is 1. The molecular formula is C16H24N2O. The molecule has 1 fully saturated rings. The standard InChI is InChI=1S/C16H24N2O/c1-3-10-17-16(19)12-18-11-6-9-15(18)14-8-5-4-7-13(14)2/h4-5,7-8,15H,3,6,9-12H2,1-2H3,(H,17,19). The number of benzene rings is 1. The van der Waals surface area contributed by atoms with E-state index in [2.05, 4.69) is 48.3 Å². The first-order chi connectivity index (χ1) is 9.22. The first kappa shape index (κ1) is 14.1. The van der Waals surface area contributed by atoms with Crippen molar-refractivity contribution < 1.29 is 4.79 Å². The topological polar surface area (TPSA) is 32.3 Å². The first-order valence-electron chi connectivity index (χ1n) is 7.28. The Kier molecular flexibility index (Phi) is 4.97. The lowest BCUT2D eigenvalue weighted by molar-refractivity contribution is -0.122. The summed E-state index contributed by atoms with van der Waals surface area (Å²) in [5.41, 5.74) is 2.71. The van der Waals surface area contributed by atoms with Crippen molar-refractivity contribution in [1.29, 1.82) is 0 Å². The van der Waals surface area contributed by atoms with Crippen molar-refractivity contribution in [3.63, 3.8) is 0 Å². The maximum Gasteiger partial charge on any atom is 0.234 e. The molecule has 1 aromatic carbocycles. The number of aryl methyl sites for hydroxylation is 1. The second-order valence-corrected chi connectivity index (χ2v) is 5.34. The predicted octanol–water partition coefficient (Wildman–Crippen LogP) is 2.66. The Morgan fingerprint density at radius 3 is 2.95 bits per heavy atom. The lowest BCUT2D eigenvalue weighted by Crippen LogP contribution is -2.37. The average Bonchev–Trinajstić information content (AvgIpc) is 2.85. The zero-order valence-corrected chi connectivity index (χ0v) is 12.0. The highest BCUT2D eigenvalue weighted by atomic mass is 16.2. The molecule has 0 aromatic heterocycles. The van der Waals surface area contributed by atoms with Crippen LogP contribution in [0.1, 0.15) is 43.4 Å². The minimum atomic E-state index is 0.155. The molecule has 0 radical (unpaired) electrons. The molecule has 2 rings (SSSR count).